The maximum atomic E-state index is 13.7. The molecule has 0 aliphatic heterocycles. The highest BCUT2D eigenvalue weighted by Crippen LogP contribution is 2.76. The van der Waals surface area contributed by atoms with Crippen LogP contribution in [0.15, 0.2) is 47.6 Å². The van der Waals surface area contributed by atoms with Gasteiger partial charge in [0.1, 0.15) is 17.2 Å². The molecular formula is C32H40F3NO6. The molecule has 230 valence electrons. The molecule has 0 spiro atoms. The van der Waals surface area contributed by atoms with Gasteiger partial charge in [0.15, 0.2) is 5.78 Å². The summed E-state index contributed by atoms with van der Waals surface area (Å²) >= 11 is 0. The van der Waals surface area contributed by atoms with Crippen LogP contribution in [0.25, 0.3) is 0 Å². The number of Topliss-reactive ketones (excluding diaryl/α,β-unsaturated/α-hetero) is 1. The van der Waals surface area contributed by atoms with E-state index in [9.17, 15) is 38.1 Å². The predicted octanol–water partition coefficient (Wildman–Crippen LogP) is 3.83. The first-order chi connectivity index (χ1) is 19.2. The van der Waals surface area contributed by atoms with Gasteiger partial charge in [0.2, 0.25) is 0 Å². The molecule has 5 N–H and O–H groups in total. The number of benzene rings is 1. The molecule has 0 heterocycles. The predicted molar refractivity (Wildman–Crippen MR) is 148 cm³/mol. The largest absolute Gasteiger partial charge is 0.457 e. The SMILES string of the molecule is CC1=C[C@H]2[C@@]3(O)[C@H](C)C[C@]4(OC(=O)[C@@H](N)C(C)(C)c5ccc(C(F)(F)F)cc5)[C@H]([C@@H]3C=C(CO)C[C@]2(O)C1=O)C4(C)C. The molecule has 4 aliphatic rings. The fourth-order valence-corrected chi connectivity index (χ4v) is 8.40. The van der Waals surface area contributed by atoms with E-state index in [0.717, 1.165) is 12.1 Å². The van der Waals surface area contributed by atoms with Gasteiger partial charge in [0.25, 0.3) is 0 Å². The summed E-state index contributed by atoms with van der Waals surface area (Å²) < 4.78 is 45.6. The van der Waals surface area contributed by atoms with Gasteiger partial charge in [0, 0.05) is 35.0 Å². The van der Waals surface area contributed by atoms with Crippen LogP contribution < -0.4 is 5.73 Å². The number of ether oxygens (including phenoxy) is 1. The van der Waals surface area contributed by atoms with Crippen LogP contribution in [0, 0.1) is 29.1 Å². The first kappa shape index (κ1) is 30.9. The average Bonchev–Trinajstić information content (AvgIpc) is 3.31. The smallest absolute Gasteiger partial charge is 0.416 e. The third-order valence-electron chi connectivity index (χ3n) is 11.1. The number of aliphatic hydroxyl groups excluding tert-OH is 1. The number of ketones is 1. The minimum absolute atomic E-state index is 0.113. The first-order valence-electron chi connectivity index (χ1n) is 14.3. The van der Waals surface area contributed by atoms with Crippen LogP contribution in [0.3, 0.4) is 0 Å². The Morgan fingerprint density at radius 1 is 1.12 bits per heavy atom. The molecule has 0 radical (unpaired) electrons. The monoisotopic (exact) mass is 591 g/mol. The van der Waals surface area contributed by atoms with Gasteiger partial charge in [-0.25, -0.2) is 0 Å². The first-order valence-corrected chi connectivity index (χ1v) is 14.3. The number of carbonyl (C=O) groups excluding carboxylic acids is 2. The fraction of sp³-hybridized carbons (Fsp3) is 0.625. The van der Waals surface area contributed by atoms with Crippen LogP contribution in [0.1, 0.15) is 65.5 Å². The highest BCUT2D eigenvalue weighted by molar-refractivity contribution is 6.04. The molecule has 10 heteroatoms. The van der Waals surface area contributed by atoms with E-state index in [4.69, 9.17) is 10.5 Å². The number of fused-ring (bicyclic) bond motifs is 5. The second-order valence-electron chi connectivity index (χ2n) is 14.0. The summed E-state index contributed by atoms with van der Waals surface area (Å²) in [5.41, 5.74) is 0.690. The second kappa shape index (κ2) is 9.24. The highest BCUT2D eigenvalue weighted by Gasteiger charge is 2.83. The van der Waals surface area contributed by atoms with Gasteiger partial charge >= 0.3 is 12.1 Å². The Kier molecular flexibility index (Phi) is 6.80. The van der Waals surface area contributed by atoms with Crippen LogP contribution >= 0.6 is 0 Å². The molecule has 0 bridgehead atoms. The molecule has 1 aromatic rings. The lowest BCUT2D eigenvalue weighted by atomic mass is 9.60. The van der Waals surface area contributed by atoms with Crippen molar-refractivity contribution in [2.75, 3.05) is 6.61 Å². The third kappa shape index (κ3) is 4.01. The Bertz CT molecular complexity index is 1380. The molecule has 2 saturated carbocycles. The number of hydrogen-bond acceptors (Lipinski definition) is 7. The fourth-order valence-electron chi connectivity index (χ4n) is 8.40. The number of hydrogen-bond donors (Lipinski definition) is 4. The molecule has 0 aromatic heterocycles. The van der Waals surface area contributed by atoms with Gasteiger partial charge in [0.05, 0.1) is 17.8 Å². The average molecular weight is 592 g/mol. The summed E-state index contributed by atoms with van der Waals surface area (Å²) in [4.78, 5) is 26.8. The normalized spacial score (nSPS) is 37.9. The van der Waals surface area contributed by atoms with Gasteiger partial charge in [-0.15, -0.1) is 0 Å². The van der Waals surface area contributed by atoms with E-state index < -0.39 is 87.4 Å². The molecule has 0 unspecified atom stereocenters. The second-order valence-corrected chi connectivity index (χ2v) is 14.0. The van der Waals surface area contributed by atoms with E-state index in [2.05, 4.69) is 0 Å². The van der Waals surface area contributed by atoms with Crippen molar-refractivity contribution in [3.05, 3.63) is 58.7 Å². The molecule has 1 aromatic carbocycles. The Balaban J connectivity index is 1.47. The van der Waals surface area contributed by atoms with Gasteiger partial charge in [-0.05, 0) is 48.1 Å². The molecule has 0 saturated heterocycles. The molecule has 2 fully saturated rings. The molecular weight excluding hydrogens is 551 g/mol. The van der Waals surface area contributed by atoms with Gasteiger partial charge < -0.3 is 25.8 Å². The maximum absolute atomic E-state index is 13.7. The van der Waals surface area contributed by atoms with E-state index in [1.165, 1.54) is 12.1 Å². The number of esters is 1. The topological polar surface area (TPSA) is 130 Å². The molecule has 0 amide bonds. The summed E-state index contributed by atoms with van der Waals surface area (Å²) in [5, 5.41) is 34.2. The lowest BCUT2D eigenvalue weighted by molar-refractivity contribution is -0.188. The van der Waals surface area contributed by atoms with E-state index >= 15 is 0 Å². The molecule has 4 aliphatic carbocycles. The zero-order valence-electron chi connectivity index (χ0n) is 24.7. The van der Waals surface area contributed by atoms with Crippen LogP contribution in [0.5, 0.6) is 0 Å². The number of carbonyl (C=O) groups is 2. The quantitative estimate of drug-likeness (QED) is 0.303. The van der Waals surface area contributed by atoms with Crippen LogP contribution in [0.4, 0.5) is 13.2 Å². The van der Waals surface area contributed by atoms with Crippen LogP contribution in [0.2, 0.25) is 0 Å². The van der Waals surface area contributed by atoms with Crippen molar-refractivity contribution in [1.29, 1.82) is 0 Å². The minimum Gasteiger partial charge on any atom is -0.457 e. The third-order valence-corrected chi connectivity index (χ3v) is 11.1. The van der Waals surface area contributed by atoms with E-state index in [0.29, 0.717) is 16.7 Å². The zero-order chi connectivity index (χ0) is 31.4. The minimum atomic E-state index is -4.49. The van der Waals surface area contributed by atoms with E-state index in [1.54, 1.807) is 32.9 Å². The van der Waals surface area contributed by atoms with Crippen molar-refractivity contribution in [3.8, 4) is 0 Å². The molecule has 42 heavy (non-hydrogen) atoms. The van der Waals surface area contributed by atoms with Crippen LogP contribution in [-0.4, -0.2) is 56.5 Å². The van der Waals surface area contributed by atoms with Crippen molar-refractivity contribution in [2.45, 2.75) is 88.8 Å². The number of halogens is 3. The Morgan fingerprint density at radius 3 is 2.24 bits per heavy atom. The Labute approximate surface area is 243 Å². The van der Waals surface area contributed by atoms with Gasteiger partial charge in [-0.1, -0.05) is 58.9 Å². The standard InChI is InChI=1S/C32H40F3NO6/c1-16-11-22-29(40,25(16)38)14-18(15-37)12-21-23-28(5,6)30(23,13-17(2)31(21,22)41)42-26(39)24(36)27(3,4)19-7-9-20(10-8-19)32(33,34)35/h7-12,17,21-24,37,40-41H,13-15,36H2,1-6H3/t17-,21+,22-,23-,24-,29-,30+,31-/m1/s1. The number of alkyl halides is 3. The number of nitrogens with two attached hydrogens (primary N) is 1. The summed E-state index contributed by atoms with van der Waals surface area (Å²) in [5.74, 6) is -3.69. The summed E-state index contributed by atoms with van der Waals surface area (Å²) in [6.45, 7) is 10.2. The van der Waals surface area contributed by atoms with Crippen molar-refractivity contribution >= 4 is 11.8 Å². The van der Waals surface area contributed by atoms with Crippen molar-refractivity contribution in [2.24, 2.45) is 34.8 Å². The summed E-state index contributed by atoms with van der Waals surface area (Å²) in [6.07, 6.45) is -0.980. The Morgan fingerprint density at radius 2 is 1.69 bits per heavy atom. The van der Waals surface area contributed by atoms with Crippen LogP contribution in [-0.2, 0) is 25.9 Å². The summed E-state index contributed by atoms with van der Waals surface area (Å²) in [7, 11) is 0. The summed E-state index contributed by atoms with van der Waals surface area (Å²) in [6, 6.07) is 3.33. The zero-order valence-corrected chi connectivity index (χ0v) is 24.7. The van der Waals surface area contributed by atoms with Gasteiger partial charge in [-0.3, -0.25) is 9.59 Å². The van der Waals surface area contributed by atoms with E-state index in [-0.39, 0.29) is 12.8 Å². The number of aliphatic hydroxyl groups is 3. The maximum Gasteiger partial charge on any atom is 0.416 e. The Hall–Kier alpha value is -2.53. The lowest BCUT2D eigenvalue weighted by Crippen LogP contribution is -2.61. The van der Waals surface area contributed by atoms with Crippen molar-refractivity contribution in [1.82, 2.24) is 0 Å². The van der Waals surface area contributed by atoms with E-state index in [1.807, 2.05) is 20.8 Å². The van der Waals surface area contributed by atoms with Crippen molar-refractivity contribution in [3.63, 3.8) is 0 Å². The highest BCUT2D eigenvalue weighted by atomic mass is 19.4. The number of rotatable bonds is 5. The lowest BCUT2D eigenvalue weighted by Gasteiger charge is -2.50. The van der Waals surface area contributed by atoms with Crippen molar-refractivity contribution < 1.29 is 42.8 Å². The van der Waals surface area contributed by atoms with Gasteiger partial charge in [-0.2, -0.15) is 13.2 Å². The molecule has 7 nitrogen and oxygen atoms in total. The molecule has 8 atom stereocenters. The molecule has 5 rings (SSSR count).